The third-order valence-electron chi connectivity index (χ3n) is 4.40. The summed E-state index contributed by atoms with van der Waals surface area (Å²) in [6.07, 6.45) is 0.502. The van der Waals surface area contributed by atoms with Crippen LogP contribution in [0.25, 0.3) is 0 Å². The minimum atomic E-state index is -0.991. The van der Waals surface area contributed by atoms with Gasteiger partial charge in [-0.15, -0.1) is 0 Å². The highest BCUT2D eigenvalue weighted by Crippen LogP contribution is 2.16. The molecule has 1 aromatic carbocycles. The largest absolute Gasteiger partial charge is 0.480 e. The van der Waals surface area contributed by atoms with Gasteiger partial charge in [0.1, 0.15) is 12.7 Å². The molecule has 1 aliphatic heterocycles. The maximum Gasteiger partial charge on any atom is 0.329 e. The first-order valence-electron chi connectivity index (χ1n) is 8.71. The standard InChI is InChI=1S/C18H25N3O6/c1-12(26-10-13-2-4-14(5-3-13)17(19)20-25)18(24)21-8-6-15(7-9-21)27-11-16(22)23/h2-5,12,15,25H,6-11H2,1H3,(H2,19,20)(H,22,23). The molecule has 1 aliphatic rings. The Morgan fingerprint density at radius 2 is 1.93 bits per heavy atom. The smallest absolute Gasteiger partial charge is 0.329 e. The first-order valence-corrected chi connectivity index (χ1v) is 8.71. The molecule has 2 rings (SSSR count). The van der Waals surface area contributed by atoms with Gasteiger partial charge in [-0.2, -0.15) is 0 Å². The average Bonchev–Trinajstić information content (AvgIpc) is 2.70. The molecule has 0 saturated carbocycles. The fourth-order valence-corrected chi connectivity index (χ4v) is 2.81. The van der Waals surface area contributed by atoms with E-state index in [1.807, 2.05) is 0 Å². The number of ether oxygens (including phenoxy) is 2. The molecule has 0 bridgehead atoms. The highest BCUT2D eigenvalue weighted by atomic mass is 16.5. The minimum absolute atomic E-state index is 0.0294. The zero-order valence-electron chi connectivity index (χ0n) is 15.2. The van der Waals surface area contributed by atoms with Crippen LogP contribution >= 0.6 is 0 Å². The molecule has 0 radical (unpaired) electrons. The lowest BCUT2D eigenvalue weighted by atomic mass is 10.1. The van der Waals surface area contributed by atoms with Crippen LogP contribution < -0.4 is 5.73 Å². The van der Waals surface area contributed by atoms with Crippen molar-refractivity contribution in [1.29, 1.82) is 0 Å². The van der Waals surface area contributed by atoms with Gasteiger partial charge in [0.25, 0.3) is 5.91 Å². The van der Waals surface area contributed by atoms with Crippen molar-refractivity contribution < 1.29 is 29.4 Å². The zero-order chi connectivity index (χ0) is 19.8. The number of likely N-dealkylation sites (tertiary alicyclic amines) is 1. The second kappa shape index (κ2) is 9.89. The molecule has 1 atom stereocenters. The van der Waals surface area contributed by atoms with Crippen LogP contribution in [-0.4, -0.2) is 64.8 Å². The van der Waals surface area contributed by atoms with Crippen molar-refractivity contribution in [3.63, 3.8) is 0 Å². The van der Waals surface area contributed by atoms with Gasteiger partial charge in [0.15, 0.2) is 5.84 Å². The molecule has 0 aromatic heterocycles. The van der Waals surface area contributed by atoms with Crippen LogP contribution in [0.5, 0.6) is 0 Å². The molecule has 1 saturated heterocycles. The summed E-state index contributed by atoms with van der Waals surface area (Å²) >= 11 is 0. The maximum absolute atomic E-state index is 12.5. The number of aliphatic carboxylic acids is 1. The number of benzene rings is 1. The Balaban J connectivity index is 1.76. The van der Waals surface area contributed by atoms with Gasteiger partial charge in [-0.05, 0) is 25.3 Å². The Kier molecular flexibility index (Phi) is 7.56. The minimum Gasteiger partial charge on any atom is -0.480 e. The number of oxime groups is 1. The predicted molar refractivity (Wildman–Crippen MR) is 96.4 cm³/mol. The Bertz CT molecular complexity index is 668. The van der Waals surface area contributed by atoms with Crippen molar-refractivity contribution in [2.45, 2.75) is 38.6 Å². The number of nitrogens with two attached hydrogens (primary N) is 1. The van der Waals surface area contributed by atoms with E-state index in [4.69, 9.17) is 25.5 Å². The number of hydrogen-bond donors (Lipinski definition) is 3. The van der Waals surface area contributed by atoms with Gasteiger partial charge in [0.05, 0.1) is 12.7 Å². The lowest BCUT2D eigenvalue weighted by Crippen LogP contribution is -2.45. The van der Waals surface area contributed by atoms with E-state index < -0.39 is 12.1 Å². The van der Waals surface area contributed by atoms with Gasteiger partial charge in [-0.25, -0.2) is 4.79 Å². The number of nitrogens with zero attached hydrogens (tertiary/aromatic N) is 2. The number of carbonyl (C=O) groups excluding carboxylic acids is 1. The molecule has 0 aliphatic carbocycles. The lowest BCUT2D eigenvalue weighted by molar-refractivity contribution is -0.150. The fraction of sp³-hybridized carbons (Fsp3) is 0.500. The first-order chi connectivity index (χ1) is 12.9. The van der Waals surface area contributed by atoms with Crippen LogP contribution in [-0.2, 0) is 25.7 Å². The van der Waals surface area contributed by atoms with E-state index in [0.717, 1.165) is 5.56 Å². The molecule has 4 N–H and O–H groups in total. The lowest BCUT2D eigenvalue weighted by Gasteiger charge is -2.33. The van der Waals surface area contributed by atoms with Crippen molar-refractivity contribution in [3.05, 3.63) is 35.4 Å². The summed E-state index contributed by atoms with van der Waals surface area (Å²) in [4.78, 5) is 24.7. The third-order valence-corrected chi connectivity index (χ3v) is 4.40. The Morgan fingerprint density at radius 1 is 1.30 bits per heavy atom. The molecule has 27 heavy (non-hydrogen) atoms. The van der Waals surface area contributed by atoms with Crippen LogP contribution in [0.3, 0.4) is 0 Å². The summed E-state index contributed by atoms with van der Waals surface area (Å²) in [5, 5.41) is 20.2. The summed E-state index contributed by atoms with van der Waals surface area (Å²) in [6, 6.07) is 7.00. The van der Waals surface area contributed by atoms with E-state index in [9.17, 15) is 9.59 Å². The predicted octanol–water partition coefficient (Wildman–Crippen LogP) is 0.778. The SMILES string of the molecule is CC(OCc1ccc(/C(N)=N/O)cc1)C(=O)N1CCC(OCC(=O)O)CC1. The second-order valence-electron chi connectivity index (χ2n) is 6.36. The Labute approximate surface area is 157 Å². The summed E-state index contributed by atoms with van der Waals surface area (Å²) in [5.74, 6) is -1.06. The Hall–Kier alpha value is -2.65. The molecule has 148 valence electrons. The average molecular weight is 379 g/mol. The highest BCUT2D eigenvalue weighted by Gasteiger charge is 2.27. The maximum atomic E-state index is 12.5. The fourth-order valence-electron chi connectivity index (χ4n) is 2.81. The van der Waals surface area contributed by atoms with Crippen LogP contribution in [0.15, 0.2) is 29.4 Å². The summed E-state index contributed by atoms with van der Waals surface area (Å²) in [5.41, 5.74) is 6.97. The van der Waals surface area contributed by atoms with Gasteiger partial charge < -0.3 is 30.4 Å². The number of carboxylic acid groups (broad SMARTS) is 1. The number of amides is 1. The first kappa shape index (κ1) is 20.7. The zero-order valence-corrected chi connectivity index (χ0v) is 15.2. The van der Waals surface area contributed by atoms with Crippen LogP contribution in [0.2, 0.25) is 0 Å². The molecule has 1 fully saturated rings. The molecule has 0 spiro atoms. The quantitative estimate of drug-likeness (QED) is 0.263. The summed E-state index contributed by atoms with van der Waals surface area (Å²) < 4.78 is 10.9. The number of piperidine rings is 1. The summed E-state index contributed by atoms with van der Waals surface area (Å²) in [6.45, 7) is 2.70. The van der Waals surface area contributed by atoms with E-state index >= 15 is 0 Å². The molecular weight excluding hydrogens is 354 g/mol. The van der Waals surface area contributed by atoms with Crippen molar-refractivity contribution in [3.8, 4) is 0 Å². The van der Waals surface area contributed by atoms with Crippen molar-refractivity contribution in [1.82, 2.24) is 4.90 Å². The molecule has 9 heteroatoms. The topological polar surface area (TPSA) is 135 Å². The highest BCUT2D eigenvalue weighted by molar-refractivity contribution is 5.96. The van der Waals surface area contributed by atoms with E-state index in [1.165, 1.54) is 0 Å². The summed E-state index contributed by atoms with van der Waals surface area (Å²) in [7, 11) is 0. The molecule has 1 amide bonds. The van der Waals surface area contributed by atoms with Crippen LogP contribution in [0.4, 0.5) is 0 Å². The molecule has 1 unspecified atom stereocenters. The number of hydrogen-bond acceptors (Lipinski definition) is 6. The third kappa shape index (κ3) is 6.22. The Morgan fingerprint density at radius 3 is 2.48 bits per heavy atom. The van der Waals surface area contributed by atoms with E-state index in [2.05, 4.69) is 5.16 Å². The van der Waals surface area contributed by atoms with Gasteiger partial charge in [0.2, 0.25) is 0 Å². The number of amidine groups is 1. The molecule has 1 aromatic rings. The van der Waals surface area contributed by atoms with Crippen molar-refractivity contribution in [2.24, 2.45) is 10.9 Å². The van der Waals surface area contributed by atoms with Gasteiger partial charge in [-0.1, -0.05) is 29.4 Å². The monoisotopic (exact) mass is 379 g/mol. The van der Waals surface area contributed by atoms with Gasteiger partial charge in [-0.3, -0.25) is 4.79 Å². The van der Waals surface area contributed by atoms with Gasteiger partial charge in [0, 0.05) is 18.7 Å². The van der Waals surface area contributed by atoms with Gasteiger partial charge >= 0.3 is 5.97 Å². The van der Waals surface area contributed by atoms with Crippen molar-refractivity contribution in [2.75, 3.05) is 19.7 Å². The number of rotatable bonds is 8. The molecule has 1 heterocycles. The second-order valence-corrected chi connectivity index (χ2v) is 6.36. The number of carboxylic acids is 1. The van der Waals surface area contributed by atoms with E-state index in [1.54, 1.807) is 36.1 Å². The van der Waals surface area contributed by atoms with E-state index in [0.29, 0.717) is 31.5 Å². The van der Waals surface area contributed by atoms with Crippen molar-refractivity contribution >= 4 is 17.7 Å². The van der Waals surface area contributed by atoms with Crippen LogP contribution in [0, 0.1) is 0 Å². The van der Waals surface area contributed by atoms with Crippen LogP contribution in [0.1, 0.15) is 30.9 Å². The number of carbonyl (C=O) groups is 2. The van der Waals surface area contributed by atoms with E-state index in [-0.39, 0.29) is 31.1 Å². The molecular formula is C18H25N3O6. The normalized spacial score (nSPS) is 16.9. The molecule has 9 nitrogen and oxygen atoms in total.